The average molecular weight is 352 g/mol. The van der Waals surface area contributed by atoms with Crippen LogP contribution in [-0.2, 0) is 0 Å². The van der Waals surface area contributed by atoms with Crippen LogP contribution in [0.25, 0.3) is 23.9 Å². The Labute approximate surface area is 157 Å². The van der Waals surface area contributed by atoms with Crippen molar-refractivity contribution in [2.75, 3.05) is 18.4 Å². The molecule has 1 atom stereocenters. The van der Waals surface area contributed by atoms with E-state index in [1.165, 1.54) is 10.8 Å². The highest BCUT2D eigenvalue weighted by atomic mass is 15.0. The molecule has 0 aliphatic rings. The van der Waals surface area contributed by atoms with Crippen molar-refractivity contribution >= 4 is 29.6 Å². The Balaban J connectivity index is 2.28. The zero-order valence-electron chi connectivity index (χ0n) is 16.4. The molecule has 1 aromatic carbocycles. The van der Waals surface area contributed by atoms with Crippen molar-refractivity contribution in [1.82, 2.24) is 9.88 Å². The number of rotatable bonds is 11. The third-order valence-electron chi connectivity index (χ3n) is 4.88. The van der Waals surface area contributed by atoms with Crippen LogP contribution >= 0.6 is 0 Å². The van der Waals surface area contributed by atoms with Gasteiger partial charge in [0.15, 0.2) is 0 Å². The first-order chi connectivity index (χ1) is 12.5. The molecular weight excluding hydrogens is 318 g/mol. The van der Waals surface area contributed by atoms with E-state index in [0.717, 1.165) is 60.9 Å². The van der Waals surface area contributed by atoms with E-state index in [1.807, 2.05) is 6.08 Å². The molecule has 0 saturated heterocycles. The second-order valence-electron chi connectivity index (χ2n) is 6.87. The summed E-state index contributed by atoms with van der Waals surface area (Å²) in [6.07, 6.45) is 6.03. The fourth-order valence-electron chi connectivity index (χ4n) is 3.52. The number of anilines is 1. The molecule has 0 fully saturated rings. The monoisotopic (exact) mass is 351 g/mol. The first-order valence-corrected chi connectivity index (χ1v) is 9.58. The summed E-state index contributed by atoms with van der Waals surface area (Å²) < 4.78 is 2.28. The average Bonchev–Trinajstić information content (AvgIpc) is 2.88. The molecule has 1 aromatic heterocycles. The van der Waals surface area contributed by atoms with E-state index >= 15 is 0 Å². The molecule has 1 heterocycles. The predicted octanol–water partition coefficient (Wildman–Crippen LogP) is 4.30. The number of hydrogen-bond donors (Lipinski definition) is 2. The largest absolute Gasteiger partial charge is 0.389 e. The van der Waals surface area contributed by atoms with Crippen LogP contribution in [0, 0.1) is 0 Å². The summed E-state index contributed by atoms with van der Waals surface area (Å²) in [5.41, 5.74) is 2.24. The summed E-state index contributed by atoms with van der Waals surface area (Å²) in [6, 6.07) is 6.69. The number of aromatic nitrogens is 1. The minimum Gasteiger partial charge on any atom is -0.389 e. The zero-order chi connectivity index (χ0) is 19.1. The number of hydrogen-bond acceptors (Lipinski definition) is 2. The van der Waals surface area contributed by atoms with Crippen LogP contribution in [0.4, 0.5) is 5.69 Å². The molecule has 0 aliphatic heterocycles. The van der Waals surface area contributed by atoms with Gasteiger partial charge in [0.2, 0.25) is 0 Å². The van der Waals surface area contributed by atoms with Crippen LogP contribution in [0.5, 0.6) is 0 Å². The lowest BCUT2D eigenvalue weighted by atomic mass is 10.1. The van der Waals surface area contributed by atoms with Crippen molar-refractivity contribution in [3.05, 3.63) is 53.8 Å². The van der Waals surface area contributed by atoms with Crippen molar-refractivity contribution < 1.29 is 0 Å². The highest BCUT2D eigenvalue weighted by Gasteiger charge is 2.13. The second kappa shape index (κ2) is 9.33. The second-order valence-corrected chi connectivity index (χ2v) is 6.87. The van der Waals surface area contributed by atoms with Crippen LogP contribution in [-0.4, -0.2) is 17.7 Å². The predicted molar refractivity (Wildman–Crippen MR) is 117 cm³/mol. The van der Waals surface area contributed by atoms with E-state index in [4.69, 9.17) is 0 Å². The van der Waals surface area contributed by atoms with Crippen LogP contribution in [0.3, 0.4) is 0 Å². The van der Waals surface area contributed by atoms with Gasteiger partial charge in [0.25, 0.3) is 0 Å². The van der Waals surface area contributed by atoms with Gasteiger partial charge >= 0.3 is 0 Å². The molecule has 0 spiro atoms. The molecule has 2 aromatic rings. The quantitative estimate of drug-likeness (QED) is 0.467. The van der Waals surface area contributed by atoms with Crippen molar-refractivity contribution in [3.8, 4) is 0 Å². The van der Waals surface area contributed by atoms with Gasteiger partial charge in [-0.15, -0.1) is 6.58 Å². The van der Waals surface area contributed by atoms with Crippen molar-refractivity contribution in [1.29, 1.82) is 0 Å². The minimum absolute atomic E-state index is 0.325. The van der Waals surface area contributed by atoms with Gasteiger partial charge in [-0.1, -0.05) is 37.9 Å². The fraction of sp³-hybridized carbons (Fsp3) is 0.391. The van der Waals surface area contributed by atoms with Crippen LogP contribution in [0.2, 0.25) is 0 Å². The van der Waals surface area contributed by atoms with E-state index < -0.39 is 0 Å². The number of fused-ring (bicyclic) bond motifs is 1. The van der Waals surface area contributed by atoms with Gasteiger partial charge in [-0.3, -0.25) is 0 Å². The normalized spacial score (nSPS) is 12.1. The molecule has 0 bridgehead atoms. The molecule has 3 nitrogen and oxygen atoms in total. The third-order valence-corrected chi connectivity index (χ3v) is 4.88. The standard InChI is InChI=1S/C23H33N3/c1-7-9-10-16-25-22-13-11-12-21-19(5)26(20(6)23(21)22)18(4)15-14-17(3)24-8-2/h7,11-13,18,24-25H,1,3,5-6,8-10,14-16H2,2,4H3. The lowest BCUT2D eigenvalue weighted by Gasteiger charge is -2.16. The molecule has 140 valence electrons. The van der Waals surface area contributed by atoms with Crippen molar-refractivity contribution in [3.63, 3.8) is 0 Å². The van der Waals surface area contributed by atoms with Gasteiger partial charge in [-0.2, -0.15) is 0 Å². The molecule has 0 saturated carbocycles. The molecule has 2 rings (SSSR count). The molecule has 0 aliphatic carbocycles. The maximum Gasteiger partial charge on any atom is 0.0441 e. The van der Waals surface area contributed by atoms with Crippen LogP contribution in [0.1, 0.15) is 45.6 Å². The first kappa shape index (κ1) is 19.9. The maximum absolute atomic E-state index is 4.39. The number of nitrogens with one attached hydrogen (secondary N) is 2. The Morgan fingerprint density at radius 1 is 1.27 bits per heavy atom. The summed E-state index contributed by atoms with van der Waals surface area (Å²) >= 11 is 0. The van der Waals surface area contributed by atoms with Crippen LogP contribution in [0.15, 0.2) is 43.1 Å². The smallest absolute Gasteiger partial charge is 0.0441 e. The minimum atomic E-state index is 0.325. The lowest BCUT2D eigenvalue weighted by molar-refractivity contribution is 0.485. The van der Waals surface area contributed by atoms with Gasteiger partial charge < -0.3 is 15.2 Å². The Hall–Kier alpha value is -2.42. The molecular formula is C23H33N3. The molecule has 2 N–H and O–H groups in total. The summed E-state index contributed by atoms with van der Waals surface area (Å²) in [5, 5.41) is 11.3. The third kappa shape index (κ3) is 4.40. The van der Waals surface area contributed by atoms with E-state index in [2.05, 4.69) is 73.6 Å². The fourth-order valence-corrected chi connectivity index (χ4v) is 3.52. The Bertz CT molecular complexity index is 860. The van der Waals surface area contributed by atoms with E-state index in [9.17, 15) is 0 Å². The molecule has 26 heavy (non-hydrogen) atoms. The summed E-state index contributed by atoms with van der Waals surface area (Å²) in [7, 11) is 0. The molecule has 3 heteroatoms. The van der Waals surface area contributed by atoms with E-state index in [1.54, 1.807) is 0 Å². The van der Waals surface area contributed by atoms with Crippen molar-refractivity contribution in [2.24, 2.45) is 0 Å². The van der Waals surface area contributed by atoms with Gasteiger partial charge in [-0.25, -0.2) is 0 Å². The van der Waals surface area contributed by atoms with Gasteiger partial charge in [0.1, 0.15) is 0 Å². The van der Waals surface area contributed by atoms with Crippen LogP contribution < -0.4 is 21.3 Å². The van der Waals surface area contributed by atoms with Crippen molar-refractivity contribution in [2.45, 2.75) is 45.6 Å². The summed E-state index contributed by atoms with van der Waals surface area (Å²) in [6.45, 7) is 22.8. The first-order valence-electron chi connectivity index (χ1n) is 9.58. The number of nitrogens with zero attached hydrogens (tertiary/aromatic N) is 1. The number of allylic oxidation sites excluding steroid dienone is 2. The van der Waals surface area contributed by atoms with Gasteiger partial charge in [0, 0.05) is 52.0 Å². The number of benzene rings is 1. The Morgan fingerprint density at radius 2 is 2.04 bits per heavy atom. The zero-order valence-corrected chi connectivity index (χ0v) is 16.4. The summed E-state index contributed by atoms with van der Waals surface area (Å²) in [5.74, 6) is 0. The highest BCUT2D eigenvalue weighted by Crippen LogP contribution is 2.21. The Morgan fingerprint density at radius 3 is 2.73 bits per heavy atom. The Kier molecular flexibility index (Phi) is 7.14. The van der Waals surface area contributed by atoms with E-state index in [0.29, 0.717) is 6.04 Å². The molecule has 0 radical (unpaired) electrons. The molecule has 1 unspecified atom stereocenters. The topological polar surface area (TPSA) is 29.0 Å². The van der Waals surface area contributed by atoms with E-state index in [-0.39, 0.29) is 0 Å². The lowest BCUT2D eigenvalue weighted by Crippen LogP contribution is -2.28. The molecule has 0 amide bonds. The maximum atomic E-state index is 4.39. The van der Waals surface area contributed by atoms with Gasteiger partial charge in [0.05, 0.1) is 0 Å². The number of unbranched alkanes of at least 4 members (excludes halogenated alkanes) is 1. The SMILES string of the molecule is C=CCCCNc1cccc2c(=C)n(C(C)CCC(=C)NCC)c(=C)c12. The highest BCUT2D eigenvalue weighted by molar-refractivity contribution is 5.94. The van der Waals surface area contributed by atoms with Gasteiger partial charge in [-0.05, 0) is 45.6 Å². The summed E-state index contributed by atoms with van der Waals surface area (Å²) in [4.78, 5) is 0.